The van der Waals surface area contributed by atoms with Crippen molar-refractivity contribution in [2.45, 2.75) is 0 Å². The molecule has 0 radical (unpaired) electrons. The van der Waals surface area contributed by atoms with E-state index in [9.17, 15) is 9.59 Å². The van der Waals surface area contributed by atoms with Crippen LogP contribution >= 0.6 is 0 Å². The average Bonchev–Trinajstić information content (AvgIpc) is 2.20. The lowest BCUT2D eigenvalue weighted by molar-refractivity contribution is -0.132. The zero-order valence-electron chi connectivity index (χ0n) is 7.81. The number of hydrogen-bond donors (Lipinski definition) is 3. The van der Waals surface area contributed by atoms with Crippen LogP contribution in [0.15, 0.2) is 36.0 Å². The first-order valence-electron chi connectivity index (χ1n) is 4.15. The monoisotopic (exact) mass is 206 g/mol. The number of carboxylic acid groups (broad SMARTS) is 1. The van der Waals surface area contributed by atoms with Gasteiger partial charge in [-0.15, -0.1) is 0 Å². The number of anilines is 2. The van der Waals surface area contributed by atoms with Gasteiger partial charge < -0.3 is 16.2 Å². The van der Waals surface area contributed by atoms with Crippen LogP contribution in [0.25, 0.3) is 0 Å². The smallest absolute Gasteiger partial charge is 0.352 e. The Balaban J connectivity index is 2.83. The Morgan fingerprint density at radius 1 is 1.33 bits per heavy atom. The average molecular weight is 206 g/mol. The number of aliphatic carboxylic acids is 1. The highest BCUT2D eigenvalue weighted by Gasteiger charge is 2.06. The first-order chi connectivity index (χ1) is 7.13. The van der Waals surface area contributed by atoms with Crippen molar-refractivity contribution in [3.05, 3.63) is 36.0 Å². The molecule has 0 atom stereocenters. The molecule has 1 aromatic carbocycles. The lowest BCUT2D eigenvalue weighted by atomic mass is 10.2. The van der Waals surface area contributed by atoms with Crippen molar-refractivity contribution in [1.82, 2.24) is 0 Å². The van der Waals surface area contributed by atoms with Gasteiger partial charge in [0, 0.05) is 17.5 Å². The van der Waals surface area contributed by atoms with Crippen LogP contribution in [0.5, 0.6) is 0 Å². The summed E-state index contributed by atoms with van der Waals surface area (Å²) in [6.07, 6.45) is 1.35. The molecule has 0 aromatic heterocycles. The molecule has 0 heterocycles. The third-order valence-corrected chi connectivity index (χ3v) is 1.65. The van der Waals surface area contributed by atoms with Crippen LogP contribution in [0.2, 0.25) is 0 Å². The van der Waals surface area contributed by atoms with Gasteiger partial charge in [-0.2, -0.15) is 0 Å². The van der Waals surface area contributed by atoms with E-state index >= 15 is 0 Å². The van der Waals surface area contributed by atoms with Gasteiger partial charge in [0.15, 0.2) is 0 Å². The quantitative estimate of drug-likeness (QED) is 0.386. The van der Waals surface area contributed by atoms with Gasteiger partial charge in [0.25, 0.3) is 0 Å². The summed E-state index contributed by atoms with van der Waals surface area (Å²) in [5.41, 5.74) is 6.41. The summed E-state index contributed by atoms with van der Waals surface area (Å²) in [4.78, 5) is 20.8. The first kappa shape index (κ1) is 10.8. The number of nitrogens with one attached hydrogen (secondary N) is 1. The van der Waals surface area contributed by atoms with Crippen molar-refractivity contribution in [2.75, 3.05) is 11.1 Å². The molecule has 5 nitrogen and oxygen atoms in total. The largest absolute Gasteiger partial charge is 0.477 e. The molecule has 0 bridgehead atoms. The van der Waals surface area contributed by atoms with Crippen molar-refractivity contribution in [1.29, 1.82) is 0 Å². The van der Waals surface area contributed by atoms with E-state index < -0.39 is 5.97 Å². The van der Waals surface area contributed by atoms with Crippen LogP contribution in [0.4, 0.5) is 11.4 Å². The second-order valence-electron chi connectivity index (χ2n) is 2.77. The molecule has 0 saturated heterocycles. The number of carbonyl (C=O) groups is 2. The molecular weight excluding hydrogens is 196 g/mol. The molecule has 0 unspecified atom stereocenters. The molecule has 5 heteroatoms. The van der Waals surface area contributed by atoms with Gasteiger partial charge in [-0.3, -0.25) is 4.79 Å². The van der Waals surface area contributed by atoms with E-state index in [1.807, 2.05) is 0 Å². The minimum absolute atomic E-state index is 0.185. The van der Waals surface area contributed by atoms with E-state index in [1.54, 1.807) is 24.3 Å². The highest BCUT2D eigenvalue weighted by molar-refractivity contribution is 5.94. The molecular formula is C10H10N2O3. The van der Waals surface area contributed by atoms with Crippen molar-refractivity contribution in [3.8, 4) is 0 Å². The fourth-order valence-electron chi connectivity index (χ4n) is 0.956. The minimum atomic E-state index is -1.20. The predicted molar refractivity (Wildman–Crippen MR) is 56.3 cm³/mol. The Labute approximate surface area is 86.2 Å². The Kier molecular flexibility index (Phi) is 3.45. The Hall–Kier alpha value is -2.30. The predicted octanol–water partition coefficient (Wildman–Crippen LogP) is 0.848. The van der Waals surface area contributed by atoms with Crippen molar-refractivity contribution >= 4 is 23.6 Å². The molecule has 0 amide bonds. The van der Waals surface area contributed by atoms with E-state index in [0.29, 0.717) is 17.7 Å². The molecule has 1 aromatic rings. The molecule has 0 saturated carbocycles. The second-order valence-corrected chi connectivity index (χ2v) is 2.77. The molecule has 0 spiro atoms. The molecule has 0 aliphatic heterocycles. The highest BCUT2D eigenvalue weighted by atomic mass is 16.4. The molecule has 0 aliphatic carbocycles. The maximum Gasteiger partial charge on any atom is 0.352 e. The van der Waals surface area contributed by atoms with Crippen LogP contribution in [0, 0.1) is 0 Å². The van der Waals surface area contributed by atoms with E-state index in [2.05, 4.69) is 5.32 Å². The third kappa shape index (κ3) is 3.15. The molecule has 4 N–H and O–H groups in total. The van der Waals surface area contributed by atoms with Gasteiger partial charge in [0.2, 0.25) is 0 Å². The fourth-order valence-corrected chi connectivity index (χ4v) is 0.956. The number of aldehydes is 1. The lowest BCUT2D eigenvalue weighted by Gasteiger charge is -2.05. The van der Waals surface area contributed by atoms with Crippen LogP contribution in [-0.4, -0.2) is 17.4 Å². The number of benzene rings is 1. The lowest BCUT2D eigenvalue weighted by Crippen LogP contribution is -2.10. The highest BCUT2D eigenvalue weighted by Crippen LogP contribution is 2.12. The Morgan fingerprint density at radius 3 is 2.40 bits per heavy atom. The van der Waals surface area contributed by atoms with Crippen molar-refractivity contribution in [3.63, 3.8) is 0 Å². The number of carboxylic acids is 1. The topological polar surface area (TPSA) is 92.4 Å². The maximum absolute atomic E-state index is 10.6. The molecule has 15 heavy (non-hydrogen) atoms. The van der Waals surface area contributed by atoms with Gasteiger partial charge >= 0.3 is 5.97 Å². The zero-order valence-corrected chi connectivity index (χ0v) is 7.81. The van der Waals surface area contributed by atoms with Gasteiger partial charge in [-0.1, -0.05) is 0 Å². The summed E-state index contributed by atoms with van der Waals surface area (Å²) in [6, 6.07) is 6.50. The number of rotatable bonds is 4. The summed E-state index contributed by atoms with van der Waals surface area (Å²) >= 11 is 0. The van der Waals surface area contributed by atoms with Gasteiger partial charge in [-0.05, 0) is 24.3 Å². The van der Waals surface area contributed by atoms with E-state index in [4.69, 9.17) is 10.8 Å². The van der Waals surface area contributed by atoms with E-state index in [1.165, 1.54) is 0 Å². The Bertz CT molecular complexity index is 396. The normalized spacial score (nSPS) is 10.8. The van der Waals surface area contributed by atoms with E-state index in [0.717, 1.165) is 6.08 Å². The molecule has 78 valence electrons. The second kappa shape index (κ2) is 4.80. The van der Waals surface area contributed by atoms with Crippen LogP contribution in [-0.2, 0) is 9.59 Å². The summed E-state index contributed by atoms with van der Waals surface area (Å²) in [7, 11) is 0. The van der Waals surface area contributed by atoms with E-state index in [-0.39, 0.29) is 5.70 Å². The van der Waals surface area contributed by atoms with Gasteiger partial charge in [-0.25, -0.2) is 4.79 Å². The molecule has 0 fully saturated rings. The number of carbonyl (C=O) groups excluding carboxylic acids is 1. The summed E-state index contributed by atoms with van der Waals surface area (Å²) in [5.74, 6) is -1.20. The minimum Gasteiger partial charge on any atom is -0.477 e. The first-order valence-corrected chi connectivity index (χ1v) is 4.15. The zero-order chi connectivity index (χ0) is 11.3. The maximum atomic E-state index is 10.6. The number of allylic oxidation sites excluding steroid dienone is 1. The van der Waals surface area contributed by atoms with Gasteiger partial charge in [0.05, 0.1) is 0 Å². The number of nitrogen functional groups attached to an aromatic ring is 1. The standard InChI is InChI=1S/C10H10N2O3/c11-7-1-3-8(4-2-7)12-9(5-6-13)10(14)15/h1-6,12H,11H2,(H,14,15)/b9-5-. The third-order valence-electron chi connectivity index (χ3n) is 1.65. The summed E-state index contributed by atoms with van der Waals surface area (Å²) in [5, 5.41) is 11.3. The van der Waals surface area contributed by atoms with Crippen LogP contribution < -0.4 is 11.1 Å². The van der Waals surface area contributed by atoms with Crippen molar-refractivity contribution in [2.24, 2.45) is 0 Å². The Morgan fingerprint density at radius 2 is 1.93 bits per heavy atom. The summed E-state index contributed by atoms with van der Waals surface area (Å²) < 4.78 is 0. The fraction of sp³-hybridized carbons (Fsp3) is 0. The SMILES string of the molecule is Nc1ccc(N/C(=C\C=O)C(=O)O)cc1. The summed E-state index contributed by atoms with van der Waals surface area (Å²) in [6.45, 7) is 0. The molecule has 0 aliphatic rings. The van der Waals surface area contributed by atoms with Crippen LogP contribution in [0.1, 0.15) is 0 Å². The number of nitrogens with two attached hydrogens (primary N) is 1. The number of hydrogen-bond acceptors (Lipinski definition) is 4. The van der Waals surface area contributed by atoms with Crippen molar-refractivity contribution < 1.29 is 14.7 Å². The molecule has 1 rings (SSSR count). The van der Waals surface area contributed by atoms with Crippen LogP contribution in [0.3, 0.4) is 0 Å². The van der Waals surface area contributed by atoms with Gasteiger partial charge in [0.1, 0.15) is 12.0 Å².